The smallest absolute Gasteiger partial charge is 0.0356 e. The molecule has 0 saturated heterocycles. The number of unbranched alkanes of at least 4 members (excludes halogenated alkanes) is 7. The van der Waals surface area contributed by atoms with Crippen molar-refractivity contribution in [3.8, 4) is 0 Å². The molecule has 0 spiro atoms. The van der Waals surface area contributed by atoms with Crippen molar-refractivity contribution in [3.05, 3.63) is 0 Å². The summed E-state index contributed by atoms with van der Waals surface area (Å²) in [5.74, 6) is 0. The molecule has 0 aliphatic heterocycles. The van der Waals surface area contributed by atoms with E-state index in [0.29, 0.717) is 0 Å². The topological polar surface area (TPSA) is 0 Å². The van der Waals surface area contributed by atoms with Crippen LogP contribution in [-0.2, 0) is 0 Å². The standard InChI is InChI=1S/C11H25P/c1-3-4-5-6-7-8-9-10-11-12-2/h12H,3-11H2,1-2H3. The molecule has 0 aromatic heterocycles. The first kappa shape index (κ1) is 12.4. The second-order valence-corrected chi connectivity index (χ2v) is 4.79. The average Bonchev–Trinajstić information content (AvgIpc) is 2.10. The Morgan fingerprint density at radius 2 is 1.25 bits per heavy atom. The molecule has 0 bridgehead atoms. The molecule has 0 saturated carbocycles. The van der Waals surface area contributed by atoms with E-state index in [-0.39, 0.29) is 0 Å². The monoisotopic (exact) mass is 188 g/mol. The van der Waals surface area contributed by atoms with Crippen LogP contribution in [0.2, 0.25) is 0 Å². The SMILES string of the molecule is CCCCCCCCCCPC. The summed E-state index contributed by atoms with van der Waals surface area (Å²) in [6.45, 7) is 4.59. The second kappa shape index (κ2) is 11.4. The molecule has 1 unspecified atom stereocenters. The van der Waals surface area contributed by atoms with Crippen molar-refractivity contribution in [1.29, 1.82) is 0 Å². The van der Waals surface area contributed by atoms with Crippen LogP contribution in [0.1, 0.15) is 58.3 Å². The lowest BCUT2D eigenvalue weighted by molar-refractivity contribution is 0.586. The summed E-state index contributed by atoms with van der Waals surface area (Å²) in [5.41, 5.74) is 0. The van der Waals surface area contributed by atoms with E-state index in [0.717, 1.165) is 0 Å². The summed E-state index contributed by atoms with van der Waals surface area (Å²) in [4.78, 5) is 0. The summed E-state index contributed by atoms with van der Waals surface area (Å²) in [5, 5.41) is 0. The van der Waals surface area contributed by atoms with Crippen LogP contribution in [0.3, 0.4) is 0 Å². The highest BCUT2D eigenvalue weighted by Crippen LogP contribution is 2.11. The zero-order chi connectivity index (χ0) is 9.07. The molecule has 0 aromatic carbocycles. The number of hydrogen-bond acceptors (Lipinski definition) is 0. The summed E-state index contributed by atoms with van der Waals surface area (Å²) in [6.07, 6.45) is 13.1. The van der Waals surface area contributed by atoms with E-state index in [4.69, 9.17) is 0 Å². The minimum absolute atomic E-state index is 1.17. The molecule has 0 aromatic rings. The third-order valence-electron chi connectivity index (χ3n) is 2.28. The summed E-state index contributed by atoms with van der Waals surface area (Å²) >= 11 is 0. The van der Waals surface area contributed by atoms with Gasteiger partial charge in [0, 0.05) is 0 Å². The molecular formula is C11H25P. The molecule has 0 nitrogen and oxygen atoms in total. The largest absolute Gasteiger partial charge is 0.125 e. The van der Waals surface area contributed by atoms with Gasteiger partial charge in [-0.2, -0.15) is 0 Å². The third kappa shape index (κ3) is 10.4. The molecule has 1 atom stereocenters. The van der Waals surface area contributed by atoms with Crippen LogP contribution in [0.4, 0.5) is 0 Å². The molecule has 74 valence electrons. The van der Waals surface area contributed by atoms with E-state index in [9.17, 15) is 0 Å². The molecule has 0 aliphatic carbocycles. The Kier molecular flexibility index (Phi) is 11.8. The van der Waals surface area contributed by atoms with E-state index >= 15 is 0 Å². The fourth-order valence-corrected chi connectivity index (χ4v) is 2.04. The van der Waals surface area contributed by atoms with Crippen LogP contribution in [-0.4, -0.2) is 12.8 Å². The Balaban J connectivity index is 2.73. The Morgan fingerprint density at radius 1 is 0.750 bits per heavy atom. The van der Waals surface area contributed by atoms with Gasteiger partial charge in [0.25, 0.3) is 0 Å². The average molecular weight is 188 g/mol. The van der Waals surface area contributed by atoms with E-state index in [1.54, 1.807) is 0 Å². The van der Waals surface area contributed by atoms with Gasteiger partial charge in [-0.1, -0.05) is 51.9 Å². The van der Waals surface area contributed by atoms with Crippen molar-refractivity contribution in [1.82, 2.24) is 0 Å². The minimum Gasteiger partial charge on any atom is -0.125 e. The highest BCUT2D eigenvalue weighted by molar-refractivity contribution is 7.36. The van der Waals surface area contributed by atoms with Gasteiger partial charge in [-0.3, -0.25) is 0 Å². The molecule has 0 aliphatic rings. The summed E-state index contributed by atoms with van der Waals surface area (Å²) in [6, 6.07) is 0. The highest BCUT2D eigenvalue weighted by Gasteiger charge is 1.90. The third-order valence-corrected chi connectivity index (χ3v) is 3.13. The lowest BCUT2D eigenvalue weighted by atomic mass is 10.1. The van der Waals surface area contributed by atoms with Crippen molar-refractivity contribution in [2.24, 2.45) is 0 Å². The fraction of sp³-hybridized carbons (Fsp3) is 1.00. The second-order valence-electron chi connectivity index (χ2n) is 3.58. The van der Waals surface area contributed by atoms with Crippen molar-refractivity contribution < 1.29 is 0 Å². The van der Waals surface area contributed by atoms with Crippen LogP contribution in [0, 0.1) is 0 Å². The van der Waals surface area contributed by atoms with Gasteiger partial charge >= 0.3 is 0 Å². The van der Waals surface area contributed by atoms with Gasteiger partial charge in [-0.05, 0) is 19.2 Å². The Labute approximate surface area is 80.3 Å². The first-order valence-electron chi connectivity index (χ1n) is 5.56. The lowest BCUT2D eigenvalue weighted by Crippen LogP contribution is -1.81. The normalized spacial score (nSPS) is 11.5. The Morgan fingerprint density at radius 3 is 1.75 bits per heavy atom. The maximum atomic E-state index is 2.31. The molecule has 0 fully saturated rings. The molecule has 1 heteroatoms. The molecule has 0 radical (unpaired) electrons. The fourth-order valence-electron chi connectivity index (χ4n) is 1.44. The first-order chi connectivity index (χ1) is 5.91. The maximum absolute atomic E-state index is 2.31. The maximum Gasteiger partial charge on any atom is -0.0356 e. The number of hydrogen-bond donors (Lipinski definition) is 0. The van der Waals surface area contributed by atoms with E-state index in [1.807, 2.05) is 0 Å². The van der Waals surface area contributed by atoms with E-state index in [1.165, 1.54) is 66.1 Å². The molecule has 12 heavy (non-hydrogen) atoms. The van der Waals surface area contributed by atoms with Crippen molar-refractivity contribution >= 4 is 8.58 Å². The molecule has 0 heterocycles. The molecule has 0 rings (SSSR count). The minimum atomic E-state index is 1.17. The quantitative estimate of drug-likeness (QED) is 0.371. The summed E-state index contributed by atoms with van der Waals surface area (Å²) < 4.78 is 0. The van der Waals surface area contributed by atoms with E-state index < -0.39 is 0 Å². The van der Waals surface area contributed by atoms with Gasteiger partial charge in [-0.15, -0.1) is 8.58 Å². The van der Waals surface area contributed by atoms with E-state index in [2.05, 4.69) is 13.6 Å². The zero-order valence-corrected chi connectivity index (χ0v) is 9.86. The Hall–Kier alpha value is 0.430. The molecular weight excluding hydrogens is 163 g/mol. The zero-order valence-electron chi connectivity index (χ0n) is 8.86. The molecule has 0 amide bonds. The van der Waals surface area contributed by atoms with Crippen molar-refractivity contribution in [2.45, 2.75) is 58.3 Å². The predicted octanol–water partition coefficient (Wildman–Crippen LogP) is 4.44. The van der Waals surface area contributed by atoms with Gasteiger partial charge in [0.15, 0.2) is 0 Å². The van der Waals surface area contributed by atoms with Gasteiger partial charge in [0.1, 0.15) is 0 Å². The van der Waals surface area contributed by atoms with Gasteiger partial charge in [0.2, 0.25) is 0 Å². The predicted molar refractivity (Wildman–Crippen MR) is 61.7 cm³/mol. The number of rotatable bonds is 9. The van der Waals surface area contributed by atoms with Crippen LogP contribution in [0.15, 0.2) is 0 Å². The van der Waals surface area contributed by atoms with Crippen LogP contribution in [0.5, 0.6) is 0 Å². The van der Waals surface area contributed by atoms with Crippen LogP contribution >= 0.6 is 8.58 Å². The van der Waals surface area contributed by atoms with Crippen LogP contribution < -0.4 is 0 Å². The highest BCUT2D eigenvalue weighted by atomic mass is 31.1. The van der Waals surface area contributed by atoms with Crippen LogP contribution in [0.25, 0.3) is 0 Å². The van der Waals surface area contributed by atoms with Gasteiger partial charge in [0.05, 0.1) is 0 Å². The lowest BCUT2D eigenvalue weighted by Gasteiger charge is -2.00. The van der Waals surface area contributed by atoms with Gasteiger partial charge < -0.3 is 0 Å². The van der Waals surface area contributed by atoms with Crippen molar-refractivity contribution in [3.63, 3.8) is 0 Å². The Bertz CT molecular complexity index is 61.4. The van der Waals surface area contributed by atoms with Gasteiger partial charge in [-0.25, -0.2) is 0 Å². The molecule has 0 N–H and O–H groups in total. The first-order valence-corrected chi connectivity index (χ1v) is 7.27. The van der Waals surface area contributed by atoms with Crippen molar-refractivity contribution in [2.75, 3.05) is 12.8 Å². The summed E-state index contributed by atoms with van der Waals surface area (Å²) in [7, 11) is 1.17.